The third kappa shape index (κ3) is 2.25. The predicted octanol–water partition coefficient (Wildman–Crippen LogP) is 2.75. The zero-order chi connectivity index (χ0) is 10.8. The molecule has 0 saturated heterocycles. The van der Waals surface area contributed by atoms with E-state index in [-0.39, 0.29) is 5.38 Å². The number of halogens is 1. The van der Waals surface area contributed by atoms with E-state index in [1.807, 2.05) is 14.0 Å². The van der Waals surface area contributed by atoms with Gasteiger partial charge in [0, 0.05) is 13.1 Å². The predicted molar refractivity (Wildman–Crippen MR) is 59.2 cm³/mol. The van der Waals surface area contributed by atoms with Gasteiger partial charge in [-0.2, -0.15) is 0 Å². The summed E-state index contributed by atoms with van der Waals surface area (Å²) in [5.41, 5.74) is 0. The van der Waals surface area contributed by atoms with E-state index in [2.05, 4.69) is 15.1 Å². The lowest BCUT2D eigenvalue weighted by Crippen LogP contribution is -2.28. The van der Waals surface area contributed by atoms with Crippen molar-refractivity contribution in [3.8, 4) is 0 Å². The van der Waals surface area contributed by atoms with Gasteiger partial charge in [0.05, 0.1) is 0 Å². The number of rotatable bonds is 3. The van der Waals surface area contributed by atoms with E-state index in [1.165, 1.54) is 25.7 Å². The van der Waals surface area contributed by atoms with Crippen LogP contribution in [0.4, 0.5) is 6.01 Å². The Hall–Kier alpha value is -0.770. The van der Waals surface area contributed by atoms with Gasteiger partial charge in [0.15, 0.2) is 0 Å². The Balaban J connectivity index is 2.07. The molecule has 0 aromatic carbocycles. The molecule has 0 N–H and O–H groups in total. The maximum absolute atomic E-state index is 5.87. The molecule has 5 heteroatoms. The molecule has 1 atom stereocenters. The van der Waals surface area contributed by atoms with Gasteiger partial charge >= 0.3 is 6.01 Å². The van der Waals surface area contributed by atoms with Crippen molar-refractivity contribution in [3.63, 3.8) is 0 Å². The van der Waals surface area contributed by atoms with Crippen molar-refractivity contribution in [2.45, 2.75) is 44.0 Å². The summed E-state index contributed by atoms with van der Waals surface area (Å²) in [5, 5.41) is 7.71. The molecule has 1 aromatic heterocycles. The summed E-state index contributed by atoms with van der Waals surface area (Å²) in [6, 6.07) is 1.13. The molecule has 0 aliphatic heterocycles. The Morgan fingerprint density at radius 2 is 2.07 bits per heavy atom. The fourth-order valence-electron chi connectivity index (χ4n) is 1.98. The van der Waals surface area contributed by atoms with Crippen molar-refractivity contribution >= 4 is 17.6 Å². The van der Waals surface area contributed by atoms with Crippen LogP contribution in [0.3, 0.4) is 0 Å². The molecule has 84 valence electrons. The Morgan fingerprint density at radius 3 is 2.60 bits per heavy atom. The molecule has 1 aromatic rings. The fraction of sp³-hybridized carbons (Fsp3) is 0.800. The molecule has 4 nitrogen and oxygen atoms in total. The summed E-state index contributed by atoms with van der Waals surface area (Å²) < 4.78 is 5.49. The number of hydrogen-bond donors (Lipinski definition) is 0. The topological polar surface area (TPSA) is 42.2 Å². The van der Waals surface area contributed by atoms with E-state index in [9.17, 15) is 0 Å². The van der Waals surface area contributed by atoms with Gasteiger partial charge in [-0.25, -0.2) is 0 Å². The van der Waals surface area contributed by atoms with Gasteiger partial charge in [0.25, 0.3) is 0 Å². The molecule has 1 aliphatic rings. The molecule has 0 radical (unpaired) electrons. The minimum atomic E-state index is -0.219. The Labute approximate surface area is 94.6 Å². The normalized spacial score (nSPS) is 19.4. The summed E-state index contributed by atoms with van der Waals surface area (Å²) >= 11 is 5.87. The van der Waals surface area contributed by atoms with Gasteiger partial charge in [-0.15, -0.1) is 16.7 Å². The molecule has 0 amide bonds. The van der Waals surface area contributed by atoms with Crippen LogP contribution in [0.5, 0.6) is 0 Å². The second kappa shape index (κ2) is 4.39. The lowest BCUT2D eigenvalue weighted by Gasteiger charge is -2.21. The maximum Gasteiger partial charge on any atom is 0.318 e. The molecule has 1 unspecified atom stereocenters. The molecule has 2 rings (SSSR count). The third-order valence-corrected chi connectivity index (χ3v) is 3.13. The molecular formula is C10H16ClN3O. The first-order chi connectivity index (χ1) is 7.18. The van der Waals surface area contributed by atoms with Crippen LogP contribution in [0.15, 0.2) is 4.42 Å². The minimum Gasteiger partial charge on any atom is -0.406 e. The van der Waals surface area contributed by atoms with E-state index in [0.29, 0.717) is 17.9 Å². The van der Waals surface area contributed by atoms with Crippen LogP contribution in [-0.2, 0) is 0 Å². The van der Waals surface area contributed by atoms with Crippen molar-refractivity contribution in [3.05, 3.63) is 5.89 Å². The van der Waals surface area contributed by atoms with E-state index in [4.69, 9.17) is 16.0 Å². The number of alkyl halides is 1. The van der Waals surface area contributed by atoms with Gasteiger partial charge in [0.1, 0.15) is 5.38 Å². The van der Waals surface area contributed by atoms with Gasteiger partial charge in [-0.3, -0.25) is 0 Å². The Kier molecular flexibility index (Phi) is 3.14. The first kappa shape index (κ1) is 10.7. The summed E-state index contributed by atoms with van der Waals surface area (Å²) in [5.74, 6) is 0.497. The fourth-order valence-corrected chi connectivity index (χ4v) is 2.07. The van der Waals surface area contributed by atoms with Crippen molar-refractivity contribution in [1.82, 2.24) is 10.2 Å². The van der Waals surface area contributed by atoms with Crippen molar-refractivity contribution in [2.75, 3.05) is 11.9 Å². The highest BCUT2D eigenvalue weighted by Crippen LogP contribution is 2.27. The van der Waals surface area contributed by atoms with E-state index in [0.717, 1.165) is 0 Å². The van der Waals surface area contributed by atoms with Gasteiger partial charge in [-0.05, 0) is 19.8 Å². The zero-order valence-corrected chi connectivity index (χ0v) is 9.87. The number of hydrogen-bond acceptors (Lipinski definition) is 4. The first-order valence-corrected chi connectivity index (χ1v) is 5.82. The molecule has 1 saturated carbocycles. The number of aromatic nitrogens is 2. The summed E-state index contributed by atoms with van der Waals surface area (Å²) in [6.07, 6.45) is 5.01. The molecule has 0 bridgehead atoms. The first-order valence-electron chi connectivity index (χ1n) is 5.39. The average molecular weight is 230 g/mol. The largest absolute Gasteiger partial charge is 0.406 e. The SMILES string of the molecule is CC(Cl)c1nnc(N(C)C2CCCC2)o1. The Bertz CT molecular complexity index is 320. The smallest absolute Gasteiger partial charge is 0.318 e. The summed E-state index contributed by atoms with van der Waals surface area (Å²) in [4.78, 5) is 2.07. The maximum atomic E-state index is 5.87. The lowest BCUT2D eigenvalue weighted by molar-refractivity contribution is 0.472. The van der Waals surface area contributed by atoms with Crippen molar-refractivity contribution in [2.24, 2.45) is 0 Å². The lowest BCUT2D eigenvalue weighted by atomic mass is 10.2. The van der Waals surface area contributed by atoms with Crippen molar-refractivity contribution < 1.29 is 4.42 Å². The molecule has 0 spiro atoms. The number of anilines is 1. The van der Waals surface area contributed by atoms with Crippen molar-refractivity contribution in [1.29, 1.82) is 0 Å². The Morgan fingerprint density at radius 1 is 1.40 bits per heavy atom. The zero-order valence-electron chi connectivity index (χ0n) is 9.11. The van der Waals surface area contributed by atoms with Crippen LogP contribution in [-0.4, -0.2) is 23.3 Å². The van der Waals surface area contributed by atoms with Crippen LogP contribution < -0.4 is 4.90 Å². The van der Waals surface area contributed by atoms with Gasteiger partial charge in [0.2, 0.25) is 5.89 Å². The molecule has 1 fully saturated rings. The molecular weight excluding hydrogens is 214 g/mol. The van der Waals surface area contributed by atoms with E-state index >= 15 is 0 Å². The minimum absolute atomic E-state index is 0.219. The van der Waals surface area contributed by atoms with Crippen LogP contribution in [0.25, 0.3) is 0 Å². The summed E-state index contributed by atoms with van der Waals surface area (Å²) in [7, 11) is 2.01. The second-order valence-electron chi connectivity index (χ2n) is 4.09. The van der Waals surface area contributed by atoms with Gasteiger partial charge in [-0.1, -0.05) is 17.9 Å². The monoisotopic (exact) mass is 229 g/mol. The third-order valence-electron chi connectivity index (χ3n) is 2.94. The summed E-state index contributed by atoms with van der Waals surface area (Å²) in [6.45, 7) is 1.83. The van der Waals surface area contributed by atoms with Crippen LogP contribution in [0.2, 0.25) is 0 Å². The molecule has 1 heterocycles. The van der Waals surface area contributed by atoms with E-state index in [1.54, 1.807) is 0 Å². The molecule has 15 heavy (non-hydrogen) atoms. The van der Waals surface area contributed by atoms with Gasteiger partial charge < -0.3 is 9.32 Å². The second-order valence-corrected chi connectivity index (χ2v) is 4.74. The quantitative estimate of drug-likeness (QED) is 0.748. The highest BCUT2D eigenvalue weighted by molar-refractivity contribution is 6.20. The highest BCUT2D eigenvalue weighted by atomic mass is 35.5. The number of nitrogens with zero attached hydrogens (tertiary/aromatic N) is 3. The average Bonchev–Trinajstić information content (AvgIpc) is 2.88. The molecule has 1 aliphatic carbocycles. The van der Waals surface area contributed by atoms with E-state index < -0.39 is 0 Å². The van der Waals surface area contributed by atoms with Crippen LogP contribution in [0, 0.1) is 0 Å². The van der Waals surface area contributed by atoms with Crippen LogP contribution >= 0.6 is 11.6 Å². The van der Waals surface area contributed by atoms with Crippen LogP contribution in [0.1, 0.15) is 43.9 Å². The highest BCUT2D eigenvalue weighted by Gasteiger charge is 2.24. The standard InChI is InChI=1S/C10H16ClN3O/c1-7(11)9-12-13-10(15-9)14(2)8-5-3-4-6-8/h7-8H,3-6H2,1-2H3.